The molecule has 0 aromatic heterocycles. The lowest BCUT2D eigenvalue weighted by Crippen LogP contribution is -2.38. The zero-order chi connectivity index (χ0) is 15.3. The number of carbonyl (C=O) groups excluding carboxylic acids is 1. The van der Waals surface area contributed by atoms with Gasteiger partial charge in [0.1, 0.15) is 6.61 Å². The van der Waals surface area contributed by atoms with E-state index < -0.39 is 0 Å². The van der Waals surface area contributed by atoms with Crippen LogP contribution < -0.4 is 10.6 Å². The molecule has 1 aromatic carbocycles. The summed E-state index contributed by atoms with van der Waals surface area (Å²) in [5.41, 5.74) is 2.17. The van der Waals surface area contributed by atoms with Crippen molar-refractivity contribution >= 4 is 17.3 Å². The number of anilines is 2. The highest BCUT2D eigenvalue weighted by Crippen LogP contribution is 2.37. The first-order chi connectivity index (χ1) is 10.0. The highest BCUT2D eigenvalue weighted by Gasteiger charge is 2.31. The summed E-state index contributed by atoms with van der Waals surface area (Å²) in [7, 11) is 1.52. The van der Waals surface area contributed by atoms with Crippen LogP contribution in [0.2, 0.25) is 0 Å². The van der Waals surface area contributed by atoms with Gasteiger partial charge < -0.3 is 15.4 Å². The summed E-state index contributed by atoms with van der Waals surface area (Å²) < 4.78 is 4.83. The van der Waals surface area contributed by atoms with Crippen molar-refractivity contribution in [3.8, 4) is 0 Å². The molecule has 2 rings (SSSR count). The van der Waals surface area contributed by atoms with Crippen molar-refractivity contribution in [1.82, 2.24) is 0 Å². The second kappa shape index (κ2) is 6.94. The molecule has 1 aliphatic carbocycles. The van der Waals surface area contributed by atoms with Crippen molar-refractivity contribution in [2.45, 2.75) is 45.6 Å². The molecule has 1 unspecified atom stereocenters. The van der Waals surface area contributed by atoms with Crippen LogP contribution in [0.4, 0.5) is 11.4 Å². The van der Waals surface area contributed by atoms with Crippen LogP contribution in [-0.2, 0) is 9.53 Å². The van der Waals surface area contributed by atoms with Gasteiger partial charge in [0.05, 0.1) is 0 Å². The minimum absolute atomic E-state index is 0.0767. The lowest BCUT2D eigenvalue weighted by atomic mass is 9.73. The number of benzene rings is 1. The first-order valence-corrected chi connectivity index (χ1v) is 7.67. The largest absolute Gasteiger partial charge is 0.382 e. The van der Waals surface area contributed by atoms with Gasteiger partial charge in [-0.05, 0) is 36.5 Å². The number of ether oxygens (including phenoxy) is 1. The summed E-state index contributed by atoms with van der Waals surface area (Å²) in [5.74, 6) is -0.132. The molecule has 0 aliphatic heterocycles. The maximum absolute atomic E-state index is 11.6. The van der Waals surface area contributed by atoms with Crippen molar-refractivity contribution in [3.63, 3.8) is 0 Å². The molecule has 0 heterocycles. The zero-order valence-corrected chi connectivity index (χ0v) is 13.2. The quantitative estimate of drug-likeness (QED) is 0.870. The molecule has 0 saturated heterocycles. The predicted octanol–water partition coefficient (Wildman–Crippen LogP) is 3.65. The van der Waals surface area contributed by atoms with Gasteiger partial charge in [-0.15, -0.1) is 0 Å². The molecule has 1 atom stereocenters. The molecule has 1 aliphatic rings. The molecule has 1 saturated carbocycles. The second-order valence-corrected chi connectivity index (χ2v) is 6.49. The van der Waals surface area contributed by atoms with Gasteiger partial charge >= 0.3 is 0 Å². The molecule has 1 amide bonds. The van der Waals surface area contributed by atoms with E-state index in [0.717, 1.165) is 11.4 Å². The summed E-state index contributed by atoms with van der Waals surface area (Å²) in [6.45, 7) is 4.73. The SMILES string of the molecule is COCC(=O)Nc1cccc(NC2CCCCC2(C)C)c1. The lowest BCUT2D eigenvalue weighted by molar-refractivity contribution is -0.119. The third-order valence-corrected chi connectivity index (χ3v) is 4.27. The van der Waals surface area contributed by atoms with Gasteiger partial charge in [-0.3, -0.25) is 4.79 Å². The fraction of sp³-hybridized carbons (Fsp3) is 0.588. The summed E-state index contributed by atoms with van der Waals surface area (Å²) in [6, 6.07) is 8.37. The smallest absolute Gasteiger partial charge is 0.250 e. The van der Waals surface area contributed by atoms with Crippen LogP contribution in [0.15, 0.2) is 24.3 Å². The highest BCUT2D eigenvalue weighted by molar-refractivity contribution is 5.92. The molecular weight excluding hydrogens is 264 g/mol. The highest BCUT2D eigenvalue weighted by atomic mass is 16.5. The molecule has 2 N–H and O–H groups in total. The molecule has 0 bridgehead atoms. The minimum atomic E-state index is -0.132. The van der Waals surface area contributed by atoms with Crippen LogP contribution in [0.3, 0.4) is 0 Å². The first kappa shape index (κ1) is 15.8. The van der Waals surface area contributed by atoms with Crippen molar-refractivity contribution in [1.29, 1.82) is 0 Å². The van der Waals surface area contributed by atoms with Gasteiger partial charge in [0.15, 0.2) is 0 Å². The van der Waals surface area contributed by atoms with E-state index in [-0.39, 0.29) is 12.5 Å². The molecular formula is C17H26N2O2. The van der Waals surface area contributed by atoms with E-state index in [4.69, 9.17) is 4.74 Å². The third-order valence-electron chi connectivity index (χ3n) is 4.27. The lowest BCUT2D eigenvalue weighted by Gasteiger charge is -2.39. The number of rotatable bonds is 5. The van der Waals surface area contributed by atoms with E-state index in [1.165, 1.54) is 32.8 Å². The molecule has 4 heteroatoms. The van der Waals surface area contributed by atoms with E-state index >= 15 is 0 Å². The molecule has 0 spiro atoms. The molecule has 4 nitrogen and oxygen atoms in total. The predicted molar refractivity (Wildman–Crippen MR) is 86.6 cm³/mol. The van der Waals surface area contributed by atoms with Crippen molar-refractivity contribution in [3.05, 3.63) is 24.3 Å². The average molecular weight is 290 g/mol. The Morgan fingerprint density at radius 2 is 2.10 bits per heavy atom. The van der Waals surface area contributed by atoms with Crippen LogP contribution in [0.1, 0.15) is 39.5 Å². The standard InChI is InChI=1S/C17H26N2O2/c1-17(2)10-5-4-9-15(17)18-13-7-6-8-14(11-13)19-16(20)12-21-3/h6-8,11,15,18H,4-5,9-10,12H2,1-3H3,(H,19,20). The molecule has 116 valence electrons. The maximum Gasteiger partial charge on any atom is 0.250 e. The Labute approximate surface area is 127 Å². The van der Waals surface area contributed by atoms with Gasteiger partial charge in [-0.25, -0.2) is 0 Å². The number of hydrogen-bond acceptors (Lipinski definition) is 3. The number of carbonyl (C=O) groups is 1. The maximum atomic E-state index is 11.6. The summed E-state index contributed by atoms with van der Waals surface area (Å²) >= 11 is 0. The van der Waals surface area contributed by atoms with Gasteiger partial charge in [0, 0.05) is 24.5 Å². The normalized spacial score (nSPS) is 20.8. The van der Waals surface area contributed by atoms with Crippen LogP contribution in [-0.4, -0.2) is 25.7 Å². The number of methoxy groups -OCH3 is 1. The molecule has 21 heavy (non-hydrogen) atoms. The topological polar surface area (TPSA) is 50.4 Å². The van der Waals surface area contributed by atoms with Gasteiger partial charge in [-0.2, -0.15) is 0 Å². The Morgan fingerprint density at radius 1 is 1.33 bits per heavy atom. The number of amides is 1. The summed E-state index contributed by atoms with van der Waals surface area (Å²) in [4.78, 5) is 11.6. The van der Waals surface area contributed by atoms with E-state index in [0.29, 0.717) is 11.5 Å². The van der Waals surface area contributed by atoms with Gasteiger partial charge in [0.2, 0.25) is 5.91 Å². The van der Waals surface area contributed by atoms with Gasteiger partial charge in [-0.1, -0.05) is 32.8 Å². The van der Waals surface area contributed by atoms with Crippen molar-refractivity contribution in [2.24, 2.45) is 5.41 Å². The Balaban J connectivity index is 2.02. The molecule has 1 aromatic rings. The summed E-state index contributed by atoms with van der Waals surface area (Å²) in [6.07, 6.45) is 5.06. The monoisotopic (exact) mass is 290 g/mol. The van der Waals surface area contributed by atoms with Crippen LogP contribution >= 0.6 is 0 Å². The summed E-state index contributed by atoms with van der Waals surface area (Å²) in [5, 5.41) is 6.47. The Kier molecular flexibility index (Phi) is 5.23. The average Bonchev–Trinajstić information content (AvgIpc) is 2.42. The van der Waals surface area contributed by atoms with E-state index in [2.05, 4.69) is 30.5 Å². The number of hydrogen-bond donors (Lipinski definition) is 2. The second-order valence-electron chi connectivity index (χ2n) is 6.49. The Hall–Kier alpha value is -1.55. The minimum Gasteiger partial charge on any atom is -0.382 e. The molecule has 1 fully saturated rings. The number of nitrogens with one attached hydrogen (secondary N) is 2. The van der Waals surface area contributed by atoms with E-state index in [9.17, 15) is 4.79 Å². The van der Waals surface area contributed by atoms with Crippen molar-refractivity contribution in [2.75, 3.05) is 24.4 Å². The van der Waals surface area contributed by atoms with Gasteiger partial charge in [0.25, 0.3) is 0 Å². The van der Waals surface area contributed by atoms with Crippen LogP contribution in [0, 0.1) is 5.41 Å². The van der Waals surface area contributed by atoms with Crippen LogP contribution in [0.25, 0.3) is 0 Å². The fourth-order valence-electron chi connectivity index (χ4n) is 2.98. The fourth-order valence-corrected chi connectivity index (χ4v) is 2.98. The first-order valence-electron chi connectivity index (χ1n) is 7.67. The zero-order valence-electron chi connectivity index (χ0n) is 13.2. The van der Waals surface area contributed by atoms with Crippen molar-refractivity contribution < 1.29 is 9.53 Å². The van der Waals surface area contributed by atoms with Crippen LogP contribution in [0.5, 0.6) is 0 Å². The Bertz CT molecular complexity index is 485. The third kappa shape index (κ3) is 4.46. The van der Waals surface area contributed by atoms with E-state index in [1.807, 2.05) is 18.2 Å². The Morgan fingerprint density at radius 3 is 2.81 bits per heavy atom. The molecule has 0 radical (unpaired) electrons. The van der Waals surface area contributed by atoms with E-state index in [1.54, 1.807) is 0 Å².